The summed E-state index contributed by atoms with van der Waals surface area (Å²) in [5, 5.41) is 26.0. The molecule has 0 atom stereocenters. The first kappa shape index (κ1) is 13.0. The van der Waals surface area contributed by atoms with Gasteiger partial charge in [0.15, 0.2) is 0 Å². The van der Waals surface area contributed by atoms with Crippen molar-refractivity contribution in [2.45, 2.75) is 13.8 Å². The quantitative estimate of drug-likeness (QED) is 0.741. The van der Waals surface area contributed by atoms with E-state index in [1.165, 1.54) is 11.0 Å². The fourth-order valence-electron chi connectivity index (χ4n) is 2.01. The molecule has 0 aliphatic heterocycles. The number of aromatic hydroxyl groups is 1. The second kappa shape index (κ2) is 5.20. The number of phenolic OH excluding ortho intramolecular Hbond substituents is 1. The lowest BCUT2D eigenvalue weighted by Gasteiger charge is -2.02. The van der Waals surface area contributed by atoms with Gasteiger partial charge in [-0.25, -0.2) is 4.68 Å². The Hall–Kier alpha value is -2.96. The third kappa shape index (κ3) is 2.66. The first-order chi connectivity index (χ1) is 10.1. The molecule has 2 heterocycles. The van der Waals surface area contributed by atoms with Gasteiger partial charge in [0.05, 0.1) is 11.9 Å². The molecule has 0 aliphatic carbocycles. The lowest BCUT2D eigenvalue weighted by molar-refractivity contribution is 0.475. The summed E-state index contributed by atoms with van der Waals surface area (Å²) in [6, 6.07) is 8.79. The number of phenols is 1. The van der Waals surface area contributed by atoms with E-state index in [1.807, 2.05) is 26.0 Å². The molecule has 0 spiro atoms. The van der Waals surface area contributed by atoms with Gasteiger partial charge in [-0.1, -0.05) is 12.1 Å². The number of nitrogens with zero attached hydrogens (tertiary/aromatic N) is 6. The van der Waals surface area contributed by atoms with Gasteiger partial charge in [0.2, 0.25) is 0 Å². The highest BCUT2D eigenvalue weighted by Crippen LogP contribution is 2.11. The molecule has 3 aromatic rings. The summed E-state index contributed by atoms with van der Waals surface area (Å²) >= 11 is 0. The van der Waals surface area contributed by atoms with Gasteiger partial charge in [0.25, 0.3) is 5.95 Å². The van der Waals surface area contributed by atoms with E-state index in [9.17, 15) is 5.11 Å². The van der Waals surface area contributed by atoms with Crippen LogP contribution >= 0.6 is 0 Å². The molecule has 106 valence electrons. The Kier molecular flexibility index (Phi) is 3.23. The molecule has 0 saturated heterocycles. The zero-order chi connectivity index (χ0) is 14.8. The Morgan fingerprint density at radius 1 is 1.24 bits per heavy atom. The van der Waals surface area contributed by atoms with Gasteiger partial charge in [-0.15, -0.1) is 10.2 Å². The standard InChI is InChI=1S/C14H14N6O/c1-10-6-11(2)20(18-10)14-17-15-9-19(14)16-8-12-4-3-5-13(21)7-12/h3-9,21H,1-2H3/b16-8-. The Morgan fingerprint density at radius 3 is 2.81 bits per heavy atom. The van der Waals surface area contributed by atoms with E-state index in [-0.39, 0.29) is 5.75 Å². The molecule has 1 aromatic carbocycles. The molecule has 0 radical (unpaired) electrons. The van der Waals surface area contributed by atoms with Crippen LogP contribution in [0.3, 0.4) is 0 Å². The molecule has 2 aromatic heterocycles. The molecular formula is C14H14N6O. The molecule has 7 nitrogen and oxygen atoms in total. The second-order valence-electron chi connectivity index (χ2n) is 4.65. The lowest BCUT2D eigenvalue weighted by Crippen LogP contribution is -2.06. The SMILES string of the molecule is Cc1cc(C)n(-c2nncn2/N=C\c2cccc(O)c2)n1. The summed E-state index contributed by atoms with van der Waals surface area (Å²) in [5.41, 5.74) is 2.64. The van der Waals surface area contributed by atoms with Gasteiger partial charge >= 0.3 is 0 Å². The molecule has 1 N–H and O–H groups in total. The smallest absolute Gasteiger partial charge is 0.273 e. The van der Waals surface area contributed by atoms with Crippen LogP contribution in [-0.2, 0) is 0 Å². The molecule has 0 fully saturated rings. The van der Waals surface area contributed by atoms with Crippen molar-refractivity contribution in [1.82, 2.24) is 24.7 Å². The van der Waals surface area contributed by atoms with Crippen LogP contribution in [0.4, 0.5) is 0 Å². The first-order valence-electron chi connectivity index (χ1n) is 6.40. The number of aromatic nitrogens is 5. The summed E-state index contributed by atoms with van der Waals surface area (Å²) < 4.78 is 3.21. The van der Waals surface area contributed by atoms with Crippen molar-refractivity contribution in [2.75, 3.05) is 0 Å². The van der Waals surface area contributed by atoms with E-state index in [2.05, 4.69) is 20.4 Å². The van der Waals surface area contributed by atoms with Crippen LogP contribution in [0.25, 0.3) is 5.95 Å². The van der Waals surface area contributed by atoms with E-state index < -0.39 is 0 Å². The summed E-state index contributed by atoms with van der Waals surface area (Å²) in [6.07, 6.45) is 3.13. The average Bonchev–Trinajstić information content (AvgIpc) is 3.02. The Labute approximate surface area is 121 Å². The fourth-order valence-corrected chi connectivity index (χ4v) is 2.01. The van der Waals surface area contributed by atoms with Crippen molar-refractivity contribution >= 4 is 6.21 Å². The van der Waals surface area contributed by atoms with Crippen LogP contribution in [0.2, 0.25) is 0 Å². The zero-order valence-corrected chi connectivity index (χ0v) is 11.7. The normalized spacial score (nSPS) is 11.3. The summed E-state index contributed by atoms with van der Waals surface area (Å²) in [6.45, 7) is 3.86. The Balaban J connectivity index is 1.94. The predicted molar refractivity (Wildman–Crippen MR) is 77.7 cm³/mol. The van der Waals surface area contributed by atoms with E-state index in [0.29, 0.717) is 5.95 Å². The summed E-state index contributed by atoms with van der Waals surface area (Å²) in [5.74, 6) is 0.707. The Morgan fingerprint density at radius 2 is 2.10 bits per heavy atom. The first-order valence-corrected chi connectivity index (χ1v) is 6.40. The number of aryl methyl sites for hydroxylation is 2. The molecular weight excluding hydrogens is 268 g/mol. The van der Waals surface area contributed by atoms with Crippen molar-refractivity contribution in [3.8, 4) is 11.7 Å². The van der Waals surface area contributed by atoms with E-state index >= 15 is 0 Å². The number of benzene rings is 1. The number of hydrogen-bond donors (Lipinski definition) is 1. The van der Waals surface area contributed by atoms with Crippen LogP contribution in [-0.4, -0.2) is 36.0 Å². The minimum absolute atomic E-state index is 0.196. The fraction of sp³-hybridized carbons (Fsp3) is 0.143. The van der Waals surface area contributed by atoms with Gasteiger partial charge in [-0.05, 0) is 37.6 Å². The van der Waals surface area contributed by atoms with Crippen molar-refractivity contribution in [3.63, 3.8) is 0 Å². The molecule has 0 aliphatic rings. The van der Waals surface area contributed by atoms with Gasteiger partial charge in [0.1, 0.15) is 12.1 Å². The largest absolute Gasteiger partial charge is 0.508 e. The van der Waals surface area contributed by atoms with E-state index in [4.69, 9.17) is 0 Å². The monoisotopic (exact) mass is 282 g/mol. The number of hydrogen-bond acceptors (Lipinski definition) is 5. The average molecular weight is 282 g/mol. The maximum absolute atomic E-state index is 9.43. The second-order valence-corrected chi connectivity index (χ2v) is 4.65. The van der Waals surface area contributed by atoms with Crippen LogP contribution in [0.15, 0.2) is 41.8 Å². The van der Waals surface area contributed by atoms with Crippen molar-refractivity contribution in [1.29, 1.82) is 0 Å². The molecule has 0 amide bonds. The summed E-state index contributed by atoms with van der Waals surface area (Å²) in [7, 11) is 0. The lowest BCUT2D eigenvalue weighted by atomic mass is 10.2. The third-order valence-electron chi connectivity index (χ3n) is 2.91. The molecule has 0 unspecified atom stereocenters. The molecule has 7 heteroatoms. The van der Waals surface area contributed by atoms with Gasteiger partial charge in [-0.3, -0.25) is 0 Å². The highest BCUT2D eigenvalue weighted by molar-refractivity contribution is 5.80. The van der Waals surface area contributed by atoms with Crippen molar-refractivity contribution in [3.05, 3.63) is 53.6 Å². The maximum Gasteiger partial charge on any atom is 0.273 e. The van der Waals surface area contributed by atoms with Crippen molar-refractivity contribution < 1.29 is 5.11 Å². The van der Waals surface area contributed by atoms with Crippen LogP contribution < -0.4 is 0 Å². The zero-order valence-electron chi connectivity index (χ0n) is 11.7. The van der Waals surface area contributed by atoms with Gasteiger partial charge in [-0.2, -0.15) is 14.9 Å². The summed E-state index contributed by atoms with van der Waals surface area (Å²) in [4.78, 5) is 0. The molecule has 21 heavy (non-hydrogen) atoms. The molecule has 0 bridgehead atoms. The van der Waals surface area contributed by atoms with Crippen LogP contribution in [0.5, 0.6) is 5.75 Å². The van der Waals surface area contributed by atoms with E-state index in [0.717, 1.165) is 17.0 Å². The highest BCUT2D eigenvalue weighted by Gasteiger charge is 2.10. The van der Waals surface area contributed by atoms with Crippen LogP contribution in [0.1, 0.15) is 17.0 Å². The number of rotatable bonds is 3. The van der Waals surface area contributed by atoms with Crippen molar-refractivity contribution in [2.24, 2.45) is 5.10 Å². The predicted octanol–water partition coefficient (Wildman–Crippen LogP) is 1.67. The minimum Gasteiger partial charge on any atom is -0.508 e. The van der Waals surface area contributed by atoms with E-state index in [1.54, 1.807) is 29.1 Å². The maximum atomic E-state index is 9.43. The third-order valence-corrected chi connectivity index (χ3v) is 2.91. The topological polar surface area (TPSA) is 81.1 Å². The van der Waals surface area contributed by atoms with Gasteiger partial charge in [0, 0.05) is 5.69 Å². The molecule has 0 saturated carbocycles. The van der Waals surface area contributed by atoms with Gasteiger partial charge < -0.3 is 5.11 Å². The minimum atomic E-state index is 0.196. The highest BCUT2D eigenvalue weighted by atomic mass is 16.3. The van der Waals surface area contributed by atoms with Crippen LogP contribution in [0, 0.1) is 13.8 Å². The Bertz CT molecular complexity index is 801. The molecule has 3 rings (SSSR count).